The van der Waals surface area contributed by atoms with Gasteiger partial charge in [-0.15, -0.1) is 0 Å². The van der Waals surface area contributed by atoms with Gasteiger partial charge in [0, 0.05) is 47.1 Å². The van der Waals surface area contributed by atoms with E-state index in [1.54, 1.807) is 0 Å². The van der Waals surface area contributed by atoms with Crippen LogP contribution in [-0.2, 0) is 17.1 Å². The van der Waals surface area contributed by atoms with Crippen molar-refractivity contribution in [2.45, 2.75) is 129 Å². The Bertz CT molecular complexity index is 1040. The van der Waals surface area contributed by atoms with Gasteiger partial charge < -0.3 is 22.6 Å². The molecule has 0 fully saturated rings. The fraction of sp³-hybridized carbons (Fsp3) is 0.556. The molecule has 4 bridgehead atoms. The summed E-state index contributed by atoms with van der Waals surface area (Å²) in [6.45, 7) is 8.76. The molecule has 0 aliphatic carbocycles. The Kier molecular flexibility index (Phi) is 19.9. The first-order valence-electron chi connectivity index (χ1n) is 16.3. The Hall–Kier alpha value is -2.47. The quantitative estimate of drug-likeness (QED) is 0.285. The Morgan fingerprint density at radius 3 is 0.909 bits per heavy atom. The van der Waals surface area contributed by atoms with Crippen molar-refractivity contribution >= 4 is 24.9 Å². The van der Waals surface area contributed by atoms with Crippen LogP contribution in [0.5, 0.6) is 11.5 Å². The summed E-state index contributed by atoms with van der Waals surface area (Å²) in [6.07, 6.45) is 19.4. The van der Waals surface area contributed by atoms with E-state index >= 15 is 0 Å². The van der Waals surface area contributed by atoms with Crippen molar-refractivity contribution in [3.05, 3.63) is 58.7 Å². The van der Waals surface area contributed by atoms with Crippen molar-refractivity contribution in [2.75, 3.05) is 0 Å². The van der Waals surface area contributed by atoms with E-state index in [2.05, 4.69) is 27.7 Å². The fourth-order valence-electron chi connectivity index (χ4n) is 5.40. The molecule has 6 nitrogen and oxygen atoms in total. The van der Waals surface area contributed by atoms with Crippen LogP contribution in [0, 0.1) is 0 Å². The monoisotopic (exact) mass is 662 g/mol. The van der Waals surface area contributed by atoms with Gasteiger partial charge in [-0.05, 0) is 49.9 Å². The number of para-hydroxylation sites is 2. The summed E-state index contributed by atoms with van der Waals surface area (Å²) < 4.78 is 0. The molecule has 1 radical (unpaired) electrons. The van der Waals surface area contributed by atoms with Gasteiger partial charge in [0.05, 0.1) is 24.2 Å². The molecule has 2 aromatic carbocycles. The minimum atomic E-state index is -0.0204. The number of unbranched alkanes of at least 4 members (excludes halogenated alkanes) is 4. The number of phenols is 2. The zero-order valence-electron chi connectivity index (χ0n) is 27.0. The number of benzene rings is 2. The second-order valence-corrected chi connectivity index (χ2v) is 11.5. The molecular formula is C36H52ClMnN4O2+. The maximum atomic E-state index is 11.2. The SMILES string of the molecule is CCCC[C@@H]1N=Cc2cccc(c2O)C=N[C@H](CCCC)[C@H](CCCC)N=Cc2cccc(c2O)C=N[C@@H]1CCCC.[Cl-].[Mn+2]. The van der Waals surface area contributed by atoms with Crippen molar-refractivity contribution in [1.82, 2.24) is 0 Å². The van der Waals surface area contributed by atoms with Gasteiger partial charge in [0.25, 0.3) is 0 Å². The second kappa shape index (κ2) is 22.1. The van der Waals surface area contributed by atoms with Crippen LogP contribution in [0.15, 0.2) is 56.4 Å². The van der Waals surface area contributed by atoms with Gasteiger partial charge in [0.2, 0.25) is 0 Å². The molecule has 0 aromatic heterocycles. The molecule has 0 unspecified atom stereocenters. The molecule has 1 aliphatic rings. The first-order valence-corrected chi connectivity index (χ1v) is 16.3. The van der Waals surface area contributed by atoms with Gasteiger partial charge in [-0.2, -0.15) is 0 Å². The largest absolute Gasteiger partial charge is 2.00 e. The summed E-state index contributed by atoms with van der Waals surface area (Å²) in [5, 5.41) is 22.5. The Balaban J connectivity index is 0.00000484. The summed E-state index contributed by atoms with van der Waals surface area (Å²) in [7, 11) is 0. The first-order chi connectivity index (χ1) is 20.5. The maximum Gasteiger partial charge on any atom is 2.00 e. The van der Waals surface area contributed by atoms with Crippen LogP contribution in [0.1, 0.15) is 127 Å². The predicted molar refractivity (Wildman–Crippen MR) is 180 cm³/mol. The Labute approximate surface area is 282 Å². The van der Waals surface area contributed by atoms with E-state index in [1.807, 2.05) is 61.3 Å². The van der Waals surface area contributed by atoms with Crippen LogP contribution < -0.4 is 12.4 Å². The normalized spacial score (nSPS) is 19.9. The van der Waals surface area contributed by atoms with Gasteiger partial charge >= 0.3 is 17.1 Å². The van der Waals surface area contributed by atoms with E-state index in [4.69, 9.17) is 20.0 Å². The number of nitrogens with zero attached hydrogens (tertiary/aromatic N) is 4. The maximum absolute atomic E-state index is 11.2. The van der Waals surface area contributed by atoms with Gasteiger partial charge in [-0.3, -0.25) is 20.0 Å². The fourth-order valence-corrected chi connectivity index (χ4v) is 5.40. The minimum absolute atomic E-state index is 0. The summed E-state index contributed by atoms with van der Waals surface area (Å²) in [4.78, 5) is 20.1. The van der Waals surface area contributed by atoms with Crippen molar-refractivity contribution in [1.29, 1.82) is 0 Å². The summed E-state index contributed by atoms with van der Waals surface area (Å²) in [6, 6.07) is 11.4. The van der Waals surface area contributed by atoms with Gasteiger partial charge in [0.15, 0.2) is 0 Å². The number of aliphatic imine (C=N–C) groups is 4. The second-order valence-electron chi connectivity index (χ2n) is 11.5. The Morgan fingerprint density at radius 2 is 0.705 bits per heavy atom. The molecule has 0 saturated heterocycles. The number of fused-ring (bicyclic) bond motifs is 4. The predicted octanol–water partition coefficient (Wildman–Crippen LogP) is 5.72. The topological polar surface area (TPSA) is 89.9 Å². The standard InChI is InChI=1S/C36H52N4O2.ClH.Mn/c1-5-9-19-31-32(20-10-6-2)38-24-28-16-14-18-30(36(28)42)26-40-34(22-12-8-4)33(21-11-7-3)39-25-29-17-13-15-27(23-37-31)35(29)41;;/h13-18,23-26,31-34,41-42H,5-12,19-22H2,1-4H3;1H;/q;;+2/p-1/t31-,32+,33+,34-;;. The summed E-state index contributed by atoms with van der Waals surface area (Å²) in [5.41, 5.74) is 2.76. The molecule has 0 spiro atoms. The van der Waals surface area contributed by atoms with E-state index < -0.39 is 0 Å². The van der Waals surface area contributed by atoms with Gasteiger partial charge in [-0.1, -0.05) is 91.2 Å². The molecule has 1 aliphatic heterocycles. The van der Waals surface area contributed by atoms with Crippen LogP contribution >= 0.6 is 0 Å². The average molecular weight is 663 g/mol. The van der Waals surface area contributed by atoms with Crippen LogP contribution in [0.3, 0.4) is 0 Å². The third kappa shape index (κ3) is 12.1. The molecule has 8 heteroatoms. The van der Waals surface area contributed by atoms with Crippen LogP contribution in [-0.4, -0.2) is 59.2 Å². The molecule has 2 aromatic rings. The van der Waals surface area contributed by atoms with E-state index in [9.17, 15) is 10.2 Å². The third-order valence-electron chi connectivity index (χ3n) is 8.12. The molecule has 241 valence electrons. The molecule has 44 heavy (non-hydrogen) atoms. The number of hydrogen-bond donors (Lipinski definition) is 2. The first kappa shape index (κ1) is 39.6. The van der Waals surface area contributed by atoms with Crippen molar-refractivity contribution in [3.8, 4) is 11.5 Å². The zero-order chi connectivity index (χ0) is 30.2. The number of aromatic hydroxyl groups is 2. The molecule has 1 heterocycles. The van der Waals surface area contributed by atoms with E-state index in [0.29, 0.717) is 22.3 Å². The molecular weight excluding hydrogens is 611 g/mol. The van der Waals surface area contributed by atoms with Gasteiger partial charge in [-0.25, -0.2) is 0 Å². The zero-order valence-corrected chi connectivity index (χ0v) is 28.9. The number of hydrogen-bond acceptors (Lipinski definition) is 6. The van der Waals surface area contributed by atoms with E-state index in [0.717, 1.165) is 77.0 Å². The van der Waals surface area contributed by atoms with Crippen LogP contribution in [0.25, 0.3) is 0 Å². The van der Waals surface area contributed by atoms with E-state index in [1.165, 1.54) is 0 Å². The number of phenolic OH excluding ortho intramolecular Hbond substituents is 2. The van der Waals surface area contributed by atoms with E-state index in [-0.39, 0.29) is 65.1 Å². The molecule has 3 rings (SSSR count). The molecule has 2 N–H and O–H groups in total. The van der Waals surface area contributed by atoms with Crippen molar-refractivity contribution < 1.29 is 39.7 Å². The molecule has 0 amide bonds. The van der Waals surface area contributed by atoms with Crippen molar-refractivity contribution in [3.63, 3.8) is 0 Å². The van der Waals surface area contributed by atoms with Crippen molar-refractivity contribution in [2.24, 2.45) is 20.0 Å². The number of halogens is 1. The summed E-state index contributed by atoms with van der Waals surface area (Å²) >= 11 is 0. The minimum Gasteiger partial charge on any atom is -1.00 e. The molecule has 4 atom stereocenters. The molecule has 0 saturated carbocycles. The average Bonchev–Trinajstić information content (AvgIpc) is 3.00. The van der Waals surface area contributed by atoms with Crippen LogP contribution in [0.4, 0.5) is 0 Å². The smallest absolute Gasteiger partial charge is 1.00 e. The summed E-state index contributed by atoms with van der Waals surface area (Å²) in [5.74, 6) is 0.411. The van der Waals surface area contributed by atoms with Gasteiger partial charge in [0.1, 0.15) is 11.5 Å². The Morgan fingerprint density at radius 1 is 0.477 bits per heavy atom. The number of rotatable bonds is 12. The third-order valence-corrected chi connectivity index (χ3v) is 8.12. The van der Waals surface area contributed by atoms with Crippen LogP contribution in [0.2, 0.25) is 0 Å².